The van der Waals surface area contributed by atoms with Crippen molar-refractivity contribution in [2.75, 3.05) is 18.6 Å². The van der Waals surface area contributed by atoms with Crippen LogP contribution in [0.4, 0.5) is 0 Å². The molecule has 0 amide bonds. The standard InChI is InChI=1S/C9H20N2O3S/c1-15(12,13)6-4-8(11-10)7-9-3-2-5-14-9/h8-9,11H,2-7,10H2,1H3. The summed E-state index contributed by atoms with van der Waals surface area (Å²) < 4.78 is 27.5. The van der Waals surface area contributed by atoms with Crippen LogP contribution < -0.4 is 11.3 Å². The average Bonchev–Trinajstić information content (AvgIpc) is 2.63. The Kier molecular flexibility index (Phi) is 4.98. The van der Waals surface area contributed by atoms with E-state index in [4.69, 9.17) is 10.6 Å². The second-order valence-electron chi connectivity index (χ2n) is 4.15. The molecule has 0 aromatic heterocycles. The highest BCUT2D eigenvalue weighted by atomic mass is 32.2. The van der Waals surface area contributed by atoms with Gasteiger partial charge in [-0.25, -0.2) is 8.42 Å². The number of ether oxygens (including phenoxy) is 1. The van der Waals surface area contributed by atoms with Gasteiger partial charge in [0.15, 0.2) is 0 Å². The van der Waals surface area contributed by atoms with Gasteiger partial charge in [0.1, 0.15) is 9.84 Å². The maximum Gasteiger partial charge on any atom is 0.147 e. The van der Waals surface area contributed by atoms with Gasteiger partial charge in [-0.1, -0.05) is 0 Å². The second-order valence-corrected chi connectivity index (χ2v) is 6.41. The smallest absolute Gasteiger partial charge is 0.147 e. The van der Waals surface area contributed by atoms with Gasteiger partial charge in [0.05, 0.1) is 11.9 Å². The van der Waals surface area contributed by atoms with Crippen molar-refractivity contribution in [3.63, 3.8) is 0 Å². The minimum absolute atomic E-state index is 0.0304. The lowest BCUT2D eigenvalue weighted by Gasteiger charge is -2.18. The van der Waals surface area contributed by atoms with Crippen LogP contribution >= 0.6 is 0 Å². The second kappa shape index (κ2) is 5.79. The molecule has 1 saturated heterocycles. The number of hydrazine groups is 1. The lowest BCUT2D eigenvalue weighted by Crippen LogP contribution is -2.38. The molecule has 3 N–H and O–H groups in total. The molecule has 1 heterocycles. The Bertz CT molecular complexity index is 273. The van der Waals surface area contributed by atoms with Crippen LogP contribution in [0.1, 0.15) is 25.7 Å². The van der Waals surface area contributed by atoms with Crippen LogP contribution in [0.3, 0.4) is 0 Å². The minimum Gasteiger partial charge on any atom is -0.378 e. The molecule has 15 heavy (non-hydrogen) atoms. The SMILES string of the molecule is CS(=O)(=O)CCC(CC1CCCO1)NN. The summed E-state index contributed by atoms with van der Waals surface area (Å²) in [6, 6.07) is 0.0304. The van der Waals surface area contributed by atoms with Gasteiger partial charge in [-0.15, -0.1) is 0 Å². The molecule has 1 fully saturated rings. The summed E-state index contributed by atoms with van der Waals surface area (Å²) in [6.07, 6.45) is 4.98. The van der Waals surface area contributed by atoms with E-state index in [9.17, 15) is 8.42 Å². The van der Waals surface area contributed by atoms with E-state index in [1.54, 1.807) is 0 Å². The van der Waals surface area contributed by atoms with Crippen molar-refractivity contribution in [1.82, 2.24) is 5.43 Å². The first-order valence-electron chi connectivity index (χ1n) is 5.26. The number of sulfone groups is 1. The molecule has 2 atom stereocenters. The zero-order chi connectivity index (χ0) is 11.3. The first kappa shape index (κ1) is 12.9. The van der Waals surface area contributed by atoms with Crippen LogP contribution in [-0.4, -0.2) is 39.2 Å². The van der Waals surface area contributed by atoms with Crippen molar-refractivity contribution in [2.45, 2.75) is 37.8 Å². The summed E-state index contributed by atoms with van der Waals surface area (Å²) >= 11 is 0. The van der Waals surface area contributed by atoms with E-state index in [0.29, 0.717) is 6.42 Å². The summed E-state index contributed by atoms with van der Waals surface area (Å²) in [5, 5.41) is 0. The van der Waals surface area contributed by atoms with Crippen LogP contribution in [0.25, 0.3) is 0 Å². The fraction of sp³-hybridized carbons (Fsp3) is 1.00. The van der Waals surface area contributed by atoms with Gasteiger partial charge in [0.25, 0.3) is 0 Å². The Labute approximate surface area is 91.3 Å². The van der Waals surface area contributed by atoms with E-state index in [1.165, 1.54) is 6.26 Å². The Balaban J connectivity index is 2.28. The summed E-state index contributed by atoms with van der Waals surface area (Å²) in [7, 11) is -2.90. The topological polar surface area (TPSA) is 81.4 Å². The Morgan fingerprint density at radius 3 is 2.80 bits per heavy atom. The summed E-state index contributed by atoms with van der Waals surface area (Å²) in [5.74, 6) is 5.56. The molecule has 5 nitrogen and oxygen atoms in total. The summed E-state index contributed by atoms with van der Waals surface area (Å²) in [5.41, 5.74) is 2.66. The van der Waals surface area contributed by atoms with Crippen molar-refractivity contribution in [1.29, 1.82) is 0 Å². The molecule has 6 heteroatoms. The zero-order valence-electron chi connectivity index (χ0n) is 9.11. The van der Waals surface area contributed by atoms with E-state index in [-0.39, 0.29) is 17.9 Å². The molecule has 0 aromatic carbocycles. The molecule has 1 rings (SSSR count). The number of hydrogen-bond donors (Lipinski definition) is 2. The maximum atomic E-state index is 11.0. The van der Waals surface area contributed by atoms with Gasteiger partial charge >= 0.3 is 0 Å². The van der Waals surface area contributed by atoms with Gasteiger partial charge in [-0.05, 0) is 25.7 Å². The molecule has 1 aliphatic heterocycles. The Morgan fingerprint density at radius 2 is 2.33 bits per heavy atom. The number of nitrogens with one attached hydrogen (secondary N) is 1. The maximum absolute atomic E-state index is 11.0. The molecule has 1 aliphatic rings. The Morgan fingerprint density at radius 1 is 1.60 bits per heavy atom. The third-order valence-corrected chi connectivity index (χ3v) is 3.62. The minimum atomic E-state index is -2.90. The van der Waals surface area contributed by atoms with Crippen LogP contribution in [0, 0.1) is 0 Å². The van der Waals surface area contributed by atoms with Gasteiger partial charge in [-0.3, -0.25) is 11.3 Å². The fourth-order valence-corrected chi connectivity index (χ4v) is 2.49. The molecule has 0 radical (unpaired) electrons. The molecule has 0 saturated carbocycles. The largest absolute Gasteiger partial charge is 0.378 e. The molecule has 0 spiro atoms. The highest BCUT2D eigenvalue weighted by Crippen LogP contribution is 2.18. The Hall–Kier alpha value is -0.170. The average molecular weight is 236 g/mol. The first-order chi connectivity index (χ1) is 7.01. The van der Waals surface area contributed by atoms with Crippen LogP contribution in [0.5, 0.6) is 0 Å². The third-order valence-electron chi connectivity index (χ3n) is 2.64. The zero-order valence-corrected chi connectivity index (χ0v) is 9.92. The molecular formula is C9H20N2O3S. The van der Waals surface area contributed by atoms with Crippen molar-refractivity contribution in [3.8, 4) is 0 Å². The van der Waals surface area contributed by atoms with Gasteiger partial charge in [0.2, 0.25) is 0 Å². The summed E-state index contributed by atoms with van der Waals surface area (Å²) in [4.78, 5) is 0. The van der Waals surface area contributed by atoms with E-state index in [0.717, 1.165) is 25.9 Å². The highest BCUT2D eigenvalue weighted by molar-refractivity contribution is 7.90. The monoisotopic (exact) mass is 236 g/mol. The van der Waals surface area contributed by atoms with E-state index in [1.807, 2.05) is 0 Å². The van der Waals surface area contributed by atoms with E-state index < -0.39 is 9.84 Å². The normalized spacial score (nSPS) is 24.3. The molecule has 0 aromatic rings. The predicted octanol–water partition coefficient (Wildman–Crippen LogP) is -0.178. The molecule has 90 valence electrons. The van der Waals surface area contributed by atoms with Crippen LogP contribution in [-0.2, 0) is 14.6 Å². The molecule has 0 aliphatic carbocycles. The van der Waals surface area contributed by atoms with Crippen LogP contribution in [0.2, 0.25) is 0 Å². The predicted molar refractivity (Wildman–Crippen MR) is 59.0 cm³/mol. The van der Waals surface area contributed by atoms with Crippen molar-refractivity contribution >= 4 is 9.84 Å². The van der Waals surface area contributed by atoms with E-state index in [2.05, 4.69) is 5.43 Å². The number of hydrogen-bond acceptors (Lipinski definition) is 5. The highest BCUT2D eigenvalue weighted by Gasteiger charge is 2.20. The van der Waals surface area contributed by atoms with E-state index >= 15 is 0 Å². The number of nitrogens with two attached hydrogens (primary N) is 1. The first-order valence-corrected chi connectivity index (χ1v) is 7.33. The lowest BCUT2D eigenvalue weighted by atomic mass is 10.1. The van der Waals surface area contributed by atoms with Crippen molar-refractivity contribution in [2.24, 2.45) is 5.84 Å². The lowest BCUT2D eigenvalue weighted by molar-refractivity contribution is 0.0942. The fourth-order valence-electron chi connectivity index (χ4n) is 1.77. The third kappa shape index (κ3) is 5.46. The van der Waals surface area contributed by atoms with Gasteiger partial charge < -0.3 is 4.74 Å². The summed E-state index contributed by atoms with van der Waals surface area (Å²) in [6.45, 7) is 0.814. The molecule has 2 unspecified atom stereocenters. The molecular weight excluding hydrogens is 216 g/mol. The van der Waals surface area contributed by atoms with Crippen LogP contribution in [0.15, 0.2) is 0 Å². The van der Waals surface area contributed by atoms with Gasteiger partial charge in [0, 0.05) is 18.9 Å². The van der Waals surface area contributed by atoms with Crippen molar-refractivity contribution in [3.05, 3.63) is 0 Å². The quantitative estimate of drug-likeness (QED) is 0.494. The molecule has 0 bridgehead atoms. The van der Waals surface area contributed by atoms with Crippen molar-refractivity contribution < 1.29 is 13.2 Å². The number of rotatable bonds is 6. The van der Waals surface area contributed by atoms with Gasteiger partial charge in [-0.2, -0.15) is 0 Å².